The summed E-state index contributed by atoms with van der Waals surface area (Å²) in [5, 5.41) is 0. The standard InChI is InChI=1S/C17H25F3O4/c1-10(2)17(23-9-16(18,19)20)13(22)8-15(6-5-12(4)21)11(3)7-14(17)24-15/h10-11,14H,5-9H2,1-4H3/t11-,14-,15-,17+/m0/s1. The predicted octanol–water partition coefficient (Wildman–Crippen LogP) is 3.47. The van der Waals surface area contributed by atoms with Crippen molar-refractivity contribution in [2.24, 2.45) is 11.8 Å². The Morgan fingerprint density at radius 2 is 2.04 bits per heavy atom. The lowest BCUT2D eigenvalue weighted by Gasteiger charge is -2.47. The van der Waals surface area contributed by atoms with Crippen LogP contribution in [0.2, 0.25) is 0 Å². The molecule has 24 heavy (non-hydrogen) atoms. The Kier molecular flexibility index (Phi) is 5.17. The maximum Gasteiger partial charge on any atom is 0.411 e. The van der Waals surface area contributed by atoms with Crippen molar-refractivity contribution < 1.29 is 32.2 Å². The van der Waals surface area contributed by atoms with E-state index in [1.807, 2.05) is 6.92 Å². The lowest BCUT2D eigenvalue weighted by atomic mass is 9.76. The molecule has 0 saturated carbocycles. The van der Waals surface area contributed by atoms with E-state index < -0.39 is 36.0 Å². The number of halogens is 3. The molecule has 2 bridgehead atoms. The first kappa shape index (κ1) is 19.4. The molecule has 7 heteroatoms. The SMILES string of the molecule is CC(=O)CC[C@]12CC(=O)[C@](OCC(F)(F)F)(C(C)C)[C@H](C[C@@H]1C)O2. The van der Waals surface area contributed by atoms with Gasteiger partial charge in [-0.3, -0.25) is 4.79 Å². The van der Waals surface area contributed by atoms with Gasteiger partial charge in [-0.2, -0.15) is 13.2 Å². The summed E-state index contributed by atoms with van der Waals surface area (Å²) in [5.41, 5.74) is -2.33. The molecule has 2 aliphatic rings. The number of rotatable bonds is 6. The first-order valence-corrected chi connectivity index (χ1v) is 8.34. The zero-order valence-electron chi connectivity index (χ0n) is 14.5. The number of carbonyl (C=O) groups excluding carboxylic acids is 2. The van der Waals surface area contributed by atoms with Crippen molar-refractivity contribution >= 4 is 11.6 Å². The molecule has 138 valence electrons. The quantitative estimate of drug-likeness (QED) is 0.736. The molecule has 2 fully saturated rings. The van der Waals surface area contributed by atoms with Crippen LogP contribution in [0.4, 0.5) is 13.2 Å². The van der Waals surface area contributed by atoms with Crippen LogP contribution in [0.3, 0.4) is 0 Å². The van der Waals surface area contributed by atoms with Crippen LogP contribution in [-0.2, 0) is 19.1 Å². The Morgan fingerprint density at radius 3 is 2.54 bits per heavy atom. The summed E-state index contributed by atoms with van der Waals surface area (Å²) in [6.45, 7) is 5.30. The van der Waals surface area contributed by atoms with Crippen molar-refractivity contribution in [1.29, 1.82) is 0 Å². The molecule has 0 aromatic rings. The van der Waals surface area contributed by atoms with E-state index in [9.17, 15) is 22.8 Å². The van der Waals surface area contributed by atoms with Gasteiger partial charge in [-0.1, -0.05) is 20.8 Å². The third-order valence-electron chi connectivity index (χ3n) is 5.45. The zero-order chi connectivity index (χ0) is 18.3. The third kappa shape index (κ3) is 3.38. The molecular formula is C17H25F3O4. The van der Waals surface area contributed by atoms with Gasteiger partial charge < -0.3 is 14.3 Å². The number of carbonyl (C=O) groups is 2. The molecule has 2 aliphatic heterocycles. The summed E-state index contributed by atoms with van der Waals surface area (Å²) in [6, 6.07) is 0. The van der Waals surface area contributed by atoms with Gasteiger partial charge in [-0.05, 0) is 31.6 Å². The van der Waals surface area contributed by atoms with Gasteiger partial charge >= 0.3 is 6.18 Å². The molecule has 2 saturated heterocycles. The van der Waals surface area contributed by atoms with Gasteiger partial charge in [0.05, 0.1) is 11.7 Å². The van der Waals surface area contributed by atoms with E-state index in [-0.39, 0.29) is 23.9 Å². The monoisotopic (exact) mass is 350 g/mol. The summed E-state index contributed by atoms with van der Waals surface area (Å²) in [4.78, 5) is 24.2. The summed E-state index contributed by atoms with van der Waals surface area (Å²) < 4.78 is 49.3. The Labute approximate surface area is 140 Å². The van der Waals surface area contributed by atoms with E-state index in [4.69, 9.17) is 9.47 Å². The number of ether oxygens (including phenoxy) is 2. The molecular weight excluding hydrogens is 325 g/mol. The fourth-order valence-electron chi connectivity index (χ4n) is 4.07. The minimum atomic E-state index is -4.50. The number of alkyl halides is 3. The number of Topliss-reactive ketones (excluding diaryl/α,β-unsaturated/α-hetero) is 2. The van der Waals surface area contributed by atoms with Crippen LogP contribution >= 0.6 is 0 Å². The van der Waals surface area contributed by atoms with E-state index in [2.05, 4.69) is 0 Å². The molecule has 0 unspecified atom stereocenters. The normalized spacial score (nSPS) is 36.4. The minimum Gasteiger partial charge on any atom is -0.367 e. The summed E-state index contributed by atoms with van der Waals surface area (Å²) in [7, 11) is 0. The molecule has 0 aliphatic carbocycles. The minimum absolute atomic E-state index is 0.00471. The fourth-order valence-corrected chi connectivity index (χ4v) is 4.07. The van der Waals surface area contributed by atoms with E-state index >= 15 is 0 Å². The Bertz CT molecular complexity index is 516. The van der Waals surface area contributed by atoms with Gasteiger partial charge in [0.2, 0.25) is 0 Å². The van der Waals surface area contributed by atoms with Gasteiger partial charge in [0.1, 0.15) is 12.4 Å². The highest BCUT2D eigenvalue weighted by Gasteiger charge is 2.64. The number of ketones is 2. The molecule has 4 nitrogen and oxygen atoms in total. The van der Waals surface area contributed by atoms with Crippen LogP contribution in [0.1, 0.15) is 53.4 Å². The Hall–Kier alpha value is -0.950. The first-order chi connectivity index (χ1) is 10.9. The van der Waals surface area contributed by atoms with Crippen LogP contribution in [0.5, 0.6) is 0 Å². The highest BCUT2D eigenvalue weighted by atomic mass is 19.4. The molecule has 0 aromatic carbocycles. The van der Waals surface area contributed by atoms with Crippen molar-refractivity contribution in [3.05, 3.63) is 0 Å². The lowest BCUT2D eigenvalue weighted by molar-refractivity contribution is -0.252. The van der Waals surface area contributed by atoms with Crippen molar-refractivity contribution in [3.8, 4) is 0 Å². The molecule has 0 radical (unpaired) electrons. The Balaban J connectivity index is 2.28. The van der Waals surface area contributed by atoms with Gasteiger partial charge in [-0.15, -0.1) is 0 Å². The smallest absolute Gasteiger partial charge is 0.367 e. The van der Waals surface area contributed by atoms with E-state index in [1.165, 1.54) is 6.92 Å². The number of fused-ring (bicyclic) bond motifs is 2. The second kappa shape index (κ2) is 6.41. The van der Waals surface area contributed by atoms with Crippen LogP contribution in [-0.4, -0.2) is 41.7 Å². The maximum atomic E-state index is 12.9. The predicted molar refractivity (Wildman–Crippen MR) is 80.5 cm³/mol. The summed E-state index contributed by atoms with van der Waals surface area (Å²) in [6.07, 6.45) is -4.05. The average Bonchev–Trinajstić information content (AvgIpc) is 2.69. The number of hydrogen-bond donors (Lipinski definition) is 0. The van der Waals surface area contributed by atoms with Crippen LogP contribution in [0.15, 0.2) is 0 Å². The molecule has 0 N–H and O–H groups in total. The lowest BCUT2D eigenvalue weighted by Crippen LogP contribution is -2.62. The Morgan fingerprint density at radius 1 is 1.42 bits per heavy atom. The largest absolute Gasteiger partial charge is 0.411 e. The highest BCUT2D eigenvalue weighted by Crippen LogP contribution is 2.53. The van der Waals surface area contributed by atoms with Gasteiger partial charge in [0.15, 0.2) is 11.4 Å². The maximum absolute atomic E-state index is 12.9. The van der Waals surface area contributed by atoms with Gasteiger partial charge in [-0.25, -0.2) is 0 Å². The zero-order valence-corrected chi connectivity index (χ0v) is 14.5. The van der Waals surface area contributed by atoms with Crippen molar-refractivity contribution in [3.63, 3.8) is 0 Å². The van der Waals surface area contributed by atoms with Crippen LogP contribution in [0, 0.1) is 11.8 Å². The average molecular weight is 350 g/mol. The van der Waals surface area contributed by atoms with E-state index in [1.54, 1.807) is 13.8 Å². The van der Waals surface area contributed by atoms with Crippen LogP contribution in [0.25, 0.3) is 0 Å². The number of hydrogen-bond acceptors (Lipinski definition) is 4. The molecule has 0 spiro atoms. The van der Waals surface area contributed by atoms with E-state index in [0.717, 1.165) is 0 Å². The topological polar surface area (TPSA) is 52.6 Å². The summed E-state index contributed by atoms with van der Waals surface area (Å²) >= 11 is 0. The molecule has 0 amide bonds. The van der Waals surface area contributed by atoms with E-state index in [0.29, 0.717) is 19.3 Å². The summed E-state index contributed by atoms with van der Waals surface area (Å²) in [5.74, 6) is -0.787. The van der Waals surface area contributed by atoms with Gasteiger partial charge in [0, 0.05) is 12.8 Å². The molecule has 2 heterocycles. The highest BCUT2D eigenvalue weighted by molar-refractivity contribution is 5.90. The van der Waals surface area contributed by atoms with Gasteiger partial charge in [0.25, 0.3) is 0 Å². The molecule has 2 rings (SSSR count). The van der Waals surface area contributed by atoms with Crippen molar-refractivity contribution in [2.75, 3.05) is 6.61 Å². The van der Waals surface area contributed by atoms with Crippen LogP contribution < -0.4 is 0 Å². The van der Waals surface area contributed by atoms with Crippen molar-refractivity contribution in [2.45, 2.75) is 76.9 Å². The third-order valence-corrected chi connectivity index (χ3v) is 5.45. The fraction of sp³-hybridized carbons (Fsp3) is 0.882. The molecule has 0 aromatic heterocycles. The van der Waals surface area contributed by atoms with Crippen molar-refractivity contribution in [1.82, 2.24) is 0 Å². The molecule has 4 atom stereocenters. The second-order valence-corrected chi connectivity index (χ2v) is 7.46. The second-order valence-electron chi connectivity index (χ2n) is 7.46. The first-order valence-electron chi connectivity index (χ1n) is 8.34.